The van der Waals surface area contributed by atoms with Crippen molar-refractivity contribution < 1.29 is 23.1 Å². The third kappa shape index (κ3) is 7.27. The maximum Gasteiger partial charge on any atom is 0.356 e. The highest BCUT2D eigenvalue weighted by atomic mass is 79.9. The first kappa shape index (κ1) is 27.0. The van der Waals surface area contributed by atoms with E-state index in [1.165, 1.54) is 18.1 Å². The number of benzene rings is 1. The number of ether oxygens (including phenoxy) is 1. The van der Waals surface area contributed by atoms with Gasteiger partial charge in [0.25, 0.3) is 5.56 Å². The Bertz CT molecular complexity index is 1310. The second-order valence-electron chi connectivity index (χ2n) is 8.24. The van der Waals surface area contributed by atoms with Crippen LogP contribution >= 0.6 is 35.3 Å². The number of thioether (sulfide) groups is 1. The van der Waals surface area contributed by atoms with Crippen molar-refractivity contribution in [3.05, 3.63) is 51.0 Å². The highest BCUT2D eigenvalue weighted by Crippen LogP contribution is 2.49. The summed E-state index contributed by atoms with van der Waals surface area (Å²) in [6, 6.07) is 7.46. The molecule has 1 saturated carbocycles. The number of nitrogens with one attached hydrogen (secondary N) is 1. The lowest BCUT2D eigenvalue weighted by molar-refractivity contribution is -0.116. The van der Waals surface area contributed by atoms with Crippen molar-refractivity contribution in [3.8, 4) is 0 Å². The fraction of sp³-hybridized carbons (Fsp3) is 0.455. The van der Waals surface area contributed by atoms with Crippen LogP contribution < -0.4 is 11.3 Å². The van der Waals surface area contributed by atoms with Crippen LogP contribution in [-0.4, -0.2) is 49.9 Å². The lowest BCUT2D eigenvalue weighted by Crippen LogP contribution is -2.20. The van der Waals surface area contributed by atoms with Gasteiger partial charge < -0.3 is 24.1 Å². The van der Waals surface area contributed by atoms with Crippen LogP contribution in [0.1, 0.15) is 24.8 Å². The third-order valence-electron chi connectivity index (χ3n) is 5.59. The van der Waals surface area contributed by atoms with Crippen LogP contribution in [0.4, 0.5) is 5.95 Å². The molecular weight excluding hydrogens is 573 g/mol. The molecule has 1 fully saturated rings. The van der Waals surface area contributed by atoms with Gasteiger partial charge in [0.15, 0.2) is 16.3 Å². The van der Waals surface area contributed by atoms with E-state index in [1.54, 1.807) is 4.57 Å². The number of aromatic amines is 1. The molecule has 36 heavy (non-hydrogen) atoms. The number of nitrogens with two attached hydrogens (primary N) is 1. The van der Waals surface area contributed by atoms with Gasteiger partial charge in [-0.3, -0.25) is 19.1 Å². The standard InChI is InChI=1S/C22H27BrN5O6PS/c23-17-6-1-3-15(11-17)12-34-35(31,33-9-10-36-21(30)16-4-2-5-16)14-32-8-7-28-13-25-18-19(28)26-22(24)27-20(18)29/h1,3,6,11,13,16H,2,4-5,7-10,12,14H2,(H3,24,26,27,29). The molecule has 0 amide bonds. The zero-order chi connectivity index (χ0) is 25.5. The molecule has 1 aliphatic carbocycles. The smallest absolute Gasteiger partial charge is 0.356 e. The summed E-state index contributed by atoms with van der Waals surface area (Å²) in [5.74, 6) is 0.516. The lowest BCUT2D eigenvalue weighted by atomic mass is 9.87. The van der Waals surface area contributed by atoms with Gasteiger partial charge in [-0.05, 0) is 30.5 Å². The van der Waals surface area contributed by atoms with E-state index in [9.17, 15) is 14.2 Å². The number of nitrogens with zero attached hydrogens (tertiary/aromatic N) is 3. The van der Waals surface area contributed by atoms with Crippen LogP contribution in [0.3, 0.4) is 0 Å². The van der Waals surface area contributed by atoms with Crippen molar-refractivity contribution >= 4 is 57.5 Å². The summed E-state index contributed by atoms with van der Waals surface area (Å²) < 4.78 is 32.9. The van der Waals surface area contributed by atoms with E-state index in [2.05, 4.69) is 30.9 Å². The lowest BCUT2D eigenvalue weighted by Gasteiger charge is -2.23. The molecule has 0 aliphatic heterocycles. The Kier molecular flexibility index (Phi) is 9.37. The van der Waals surface area contributed by atoms with Crippen molar-refractivity contribution in [2.45, 2.75) is 32.4 Å². The molecule has 1 atom stereocenters. The number of imidazole rings is 1. The van der Waals surface area contributed by atoms with Gasteiger partial charge in [0.2, 0.25) is 5.95 Å². The molecule has 11 nitrogen and oxygen atoms in total. The van der Waals surface area contributed by atoms with Crippen LogP contribution in [0.5, 0.6) is 0 Å². The van der Waals surface area contributed by atoms with Crippen LogP contribution in [0.15, 0.2) is 39.9 Å². The van der Waals surface area contributed by atoms with Gasteiger partial charge in [0.1, 0.15) is 6.35 Å². The van der Waals surface area contributed by atoms with E-state index >= 15 is 0 Å². The average molecular weight is 600 g/mol. The first-order chi connectivity index (χ1) is 17.3. The van der Waals surface area contributed by atoms with E-state index in [0.29, 0.717) is 17.9 Å². The summed E-state index contributed by atoms with van der Waals surface area (Å²) in [5.41, 5.74) is 6.52. The molecule has 2 heterocycles. The molecule has 2 aromatic heterocycles. The van der Waals surface area contributed by atoms with Gasteiger partial charge >= 0.3 is 7.60 Å². The second-order valence-corrected chi connectivity index (χ2v) is 12.3. The maximum absolute atomic E-state index is 13.4. The number of rotatable bonds is 13. The molecule has 3 aromatic rings. The summed E-state index contributed by atoms with van der Waals surface area (Å²) in [6.45, 7) is 0.610. The normalized spacial score (nSPS) is 15.6. The van der Waals surface area contributed by atoms with Crippen molar-refractivity contribution in [1.82, 2.24) is 19.5 Å². The first-order valence-corrected chi connectivity index (χ1v) is 14.9. The number of fused-ring (bicyclic) bond motifs is 1. The van der Waals surface area contributed by atoms with E-state index in [4.69, 9.17) is 19.5 Å². The fourth-order valence-electron chi connectivity index (χ4n) is 3.47. The Morgan fingerprint density at radius 3 is 2.89 bits per heavy atom. The summed E-state index contributed by atoms with van der Waals surface area (Å²) in [7, 11) is -3.62. The Hall–Kier alpha value is -2.02. The van der Waals surface area contributed by atoms with E-state index in [-0.39, 0.29) is 48.7 Å². The number of aromatic nitrogens is 4. The number of hydrogen-bond acceptors (Lipinski definition) is 10. The zero-order valence-electron chi connectivity index (χ0n) is 19.4. The second kappa shape index (κ2) is 12.5. The highest BCUT2D eigenvalue weighted by molar-refractivity contribution is 9.10. The largest absolute Gasteiger partial charge is 0.369 e. The Labute approximate surface area is 220 Å². The number of H-pyrrole nitrogens is 1. The topological polar surface area (TPSA) is 151 Å². The number of anilines is 1. The Morgan fingerprint density at radius 1 is 1.31 bits per heavy atom. The maximum atomic E-state index is 13.4. The number of nitrogen functional groups attached to an aromatic ring is 1. The van der Waals surface area contributed by atoms with Crippen LogP contribution in [0.2, 0.25) is 0 Å². The quantitative estimate of drug-likeness (QED) is 0.218. The van der Waals surface area contributed by atoms with Crippen LogP contribution in [0.25, 0.3) is 11.2 Å². The van der Waals surface area contributed by atoms with Gasteiger partial charge in [-0.1, -0.05) is 46.2 Å². The first-order valence-electron chi connectivity index (χ1n) is 11.4. The summed E-state index contributed by atoms with van der Waals surface area (Å²) >= 11 is 4.61. The molecule has 194 valence electrons. The monoisotopic (exact) mass is 599 g/mol. The van der Waals surface area contributed by atoms with Crippen LogP contribution in [0, 0.1) is 5.92 Å². The SMILES string of the molecule is Nc1nc2c(ncn2CCOCP(=O)(OCCSC(=O)C2CCC2)OCc2cccc(Br)c2)c(=O)[nH]1. The molecule has 3 N–H and O–H groups in total. The Balaban J connectivity index is 1.32. The number of halogens is 1. The molecular formula is C22H27BrN5O6PS. The van der Waals surface area contributed by atoms with Gasteiger partial charge in [-0.15, -0.1) is 0 Å². The predicted molar refractivity (Wildman–Crippen MR) is 141 cm³/mol. The minimum atomic E-state index is -3.62. The van der Waals surface area contributed by atoms with E-state index < -0.39 is 13.2 Å². The molecule has 0 spiro atoms. The number of carbonyl (C=O) groups is 1. The molecule has 1 aliphatic rings. The minimum Gasteiger partial charge on any atom is -0.369 e. The summed E-state index contributed by atoms with van der Waals surface area (Å²) in [4.78, 5) is 34.6. The summed E-state index contributed by atoms with van der Waals surface area (Å²) in [5, 5.41) is 0.159. The van der Waals surface area contributed by atoms with Gasteiger partial charge in [0, 0.05) is 22.7 Å². The highest BCUT2D eigenvalue weighted by Gasteiger charge is 2.28. The molecule has 0 saturated heterocycles. The minimum absolute atomic E-state index is 0.0114. The molecule has 1 aromatic carbocycles. The number of carbonyl (C=O) groups excluding carboxylic acids is 1. The van der Waals surface area contributed by atoms with Crippen molar-refractivity contribution in [2.24, 2.45) is 5.92 Å². The molecule has 4 rings (SSSR count). The average Bonchev–Trinajstić information content (AvgIpc) is 3.20. The predicted octanol–water partition coefficient (Wildman–Crippen LogP) is 3.92. The van der Waals surface area contributed by atoms with Crippen molar-refractivity contribution in [3.63, 3.8) is 0 Å². The zero-order valence-corrected chi connectivity index (χ0v) is 22.7. The van der Waals surface area contributed by atoms with Gasteiger partial charge in [-0.25, -0.2) is 4.98 Å². The van der Waals surface area contributed by atoms with Gasteiger partial charge in [0.05, 0.1) is 26.1 Å². The van der Waals surface area contributed by atoms with Gasteiger partial charge in [-0.2, -0.15) is 4.98 Å². The fourth-order valence-corrected chi connectivity index (χ4v) is 6.17. The molecule has 1 unspecified atom stereocenters. The molecule has 0 bridgehead atoms. The third-order valence-corrected chi connectivity index (χ3v) is 8.67. The molecule has 0 radical (unpaired) electrons. The number of hydrogen-bond donors (Lipinski definition) is 2. The Morgan fingerprint density at radius 2 is 2.14 bits per heavy atom. The van der Waals surface area contributed by atoms with Crippen LogP contribution in [-0.2, 0) is 36.3 Å². The van der Waals surface area contributed by atoms with Crippen molar-refractivity contribution in [1.29, 1.82) is 0 Å². The summed E-state index contributed by atoms with van der Waals surface area (Å²) in [6.07, 6.45) is 4.17. The molecule has 14 heteroatoms. The van der Waals surface area contributed by atoms with Crippen molar-refractivity contribution in [2.75, 3.05) is 31.0 Å². The van der Waals surface area contributed by atoms with E-state index in [0.717, 1.165) is 29.3 Å². The van der Waals surface area contributed by atoms with E-state index in [1.807, 2.05) is 24.3 Å².